The quantitative estimate of drug-likeness (QED) is 0.548. The third-order valence-electron chi connectivity index (χ3n) is 4.99. The number of ether oxygens (including phenoxy) is 1. The molecule has 2 amide bonds. The number of hydrogen-bond donors (Lipinski definition) is 1. The number of benzene rings is 2. The number of halogens is 2. The highest BCUT2D eigenvalue weighted by Crippen LogP contribution is 2.36. The van der Waals surface area contributed by atoms with Crippen molar-refractivity contribution in [2.24, 2.45) is 0 Å². The van der Waals surface area contributed by atoms with E-state index in [0.717, 1.165) is 11.0 Å². The predicted octanol–water partition coefficient (Wildman–Crippen LogP) is 4.30. The van der Waals surface area contributed by atoms with Gasteiger partial charge >= 0.3 is 0 Å². The van der Waals surface area contributed by atoms with Gasteiger partial charge in [-0.3, -0.25) is 19.1 Å². The fourth-order valence-corrected chi connectivity index (χ4v) is 3.93. The molecule has 0 radical (unpaired) electrons. The fraction of sp³-hybridized carbons (Fsp3) is 0.286. The third kappa shape index (κ3) is 3.88. The van der Waals surface area contributed by atoms with Crippen LogP contribution in [0.5, 0.6) is 0 Å². The minimum atomic E-state index is -0.669. The van der Waals surface area contributed by atoms with Crippen molar-refractivity contribution >= 4 is 57.7 Å². The lowest BCUT2D eigenvalue weighted by atomic mass is 10.1. The highest BCUT2D eigenvalue weighted by Gasteiger charge is 2.40. The molecule has 1 atom stereocenters. The first-order chi connectivity index (χ1) is 14.5. The van der Waals surface area contributed by atoms with E-state index in [1.165, 1.54) is 0 Å². The van der Waals surface area contributed by atoms with E-state index in [4.69, 9.17) is 27.9 Å². The number of rotatable bonds is 7. The number of amides is 2. The summed E-state index contributed by atoms with van der Waals surface area (Å²) < 4.78 is 6.96. The maximum Gasteiger partial charge on any atom is 0.253 e. The van der Waals surface area contributed by atoms with E-state index in [0.29, 0.717) is 41.3 Å². The smallest absolute Gasteiger partial charge is 0.253 e. The Labute approximate surface area is 183 Å². The van der Waals surface area contributed by atoms with Crippen molar-refractivity contribution in [2.75, 3.05) is 30.5 Å². The van der Waals surface area contributed by atoms with Crippen LogP contribution in [-0.4, -0.2) is 41.6 Å². The maximum atomic E-state index is 13.2. The van der Waals surface area contributed by atoms with Gasteiger partial charge in [0.1, 0.15) is 6.04 Å². The first-order valence-electron chi connectivity index (χ1n) is 9.52. The average Bonchev–Trinajstić information content (AvgIpc) is 3.21. The SMILES string of the molecule is COCCCN1C(=O)C(CC(=O)Nc2ccc(Cl)c(Cl)c2)n2c1nc1ccccc12. The Morgan fingerprint density at radius 3 is 2.77 bits per heavy atom. The number of methoxy groups -OCH3 is 1. The standard InChI is InChI=1S/C21H20Cl2N4O3/c1-30-10-4-9-26-20(29)18(27-17-6-3-2-5-16(17)25-21(26)27)12-19(28)24-13-7-8-14(22)15(23)11-13/h2-3,5-8,11,18H,4,9-10,12H2,1H3,(H,24,28). The molecule has 30 heavy (non-hydrogen) atoms. The highest BCUT2D eigenvalue weighted by atomic mass is 35.5. The average molecular weight is 447 g/mol. The number of hydrogen-bond acceptors (Lipinski definition) is 4. The van der Waals surface area contributed by atoms with Gasteiger partial charge < -0.3 is 10.1 Å². The lowest BCUT2D eigenvalue weighted by molar-refractivity contribution is -0.124. The molecule has 0 bridgehead atoms. The van der Waals surface area contributed by atoms with Gasteiger partial charge in [-0.2, -0.15) is 0 Å². The van der Waals surface area contributed by atoms with Crippen LogP contribution in [0, 0.1) is 0 Å². The second-order valence-electron chi connectivity index (χ2n) is 7.00. The largest absolute Gasteiger partial charge is 0.385 e. The van der Waals surface area contributed by atoms with Gasteiger partial charge in [0.05, 0.1) is 27.5 Å². The summed E-state index contributed by atoms with van der Waals surface area (Å²) in [6.07, 6.45) is 0.654. The minimum Gasteiger partial charge on any atom is -0.385 e. The molecule has 9 heteroatoms. The summed E-state index contributed by atoms with van der Waals surface area (Å²) in [4.78, 5) is 32.2. The Bertz CT molecular complexity index is 1110. The van der Waals surface area contributed by atoms with E-state index in [2.05, 4.69) is 10.3 Å². The summed E-state index contributed by atoms with van der Waals surface area (Å²) in [6.45, 7) is 1.01. The summed E-state index contributed by atoms with van der Waals surface area (Å²) in [5.74, 6) is 0.113. The molecule has 0 aliphatic carbocycles. The van der Waals surface area contributed by atoms with Gasteiger partial charge in [0.15, 0.2) is 0 Å². The molecule has 2 heterocycles. The van der Waals surface area contributed by atoms with Crippen LogP contribution in [0.25, 0.3) is 11.0 Å². The summed E-state index contributed by atoms with van der Waals surface area (Å²) in [5.41, 5.74) is 2.13. The molecule has 1 aromatic heterocycles. The van der Waals surface area contributed by atoms with Crippen LogP contribution >= 0.6 is 23.2 Å². The zero-order chi connectivity index (χ0) is 21.3. The fourth-order valence-electron chi connectivity index (χ4n) is 3.64. The Morgan fingerprint density at radius 2 is 2.00 bits per heavy atom. The van der Waals surface area contributed by atoms with Crippen LogP contribution in [-0.2, 0) is 14.3 Å². The number of anilines is 2. The monoisotopic (exact) mass is 446 g/mol. The lowest BCUT2D eigenvalue weighted by Crippen LogP contribution is -2.32. The molecule has 4 rings (SSSR count). The van der Waals surface area contributed by atoms with Gasteiger partial charge in [-0.25, -0.2) is 4.98 Å². The van der Waals surface area contributed by atoms with Crippen molar-refractivity contribution < 1.29 is 14.3 Å². The second kappa shape index (κ2) is 8.63. The number of fused-ring (bicyclic) bond motifs is 3. The van der Waals surface area contributed by atoms with E-state index < -0.39 is 6.04 Å². The van der Waals surface area contributed by atoms with Crippen LogP contribution in [0.1, 0.15) is 18.9 Å². The van der Waals surface area contributed by atoms with Crippen molar-refractivity contribution in [2.45, 2.75) is 18.9 Å². The zero-order valence-electron chi connectivity index (χ0n) is 16.3. The second-order valence-corrected chi connectivity index (χ2v) is 7.82. The van der Waals surface area contributed by atoms with Crippen molar-refractivity contribution in [1.82, 2.24) is 9.55 Å². The molecule has 3 aromatic rings. The summed E-state index contributed by atoms with van der Waals surface area (Å²) in [7, 11) is 1.62. The van der Waals surface area contributed by atoms with Crippen molar-refractivity contribution in [1.29, 1.82) is 0 Å². The van der Waals surface area contributed by atoms with Crippen LogP contribution < -0.4 is 10.2 Å². The Morgan fingerprint density at radius 1 is 1.20 bits per heavy atom. The number of para-hydroxylation sites is 2. The zero-order valence-corrected chi connectivity index (χ0v) is 17.8. The molecular formula is C21H20Cl2N4O3. The van der Waals surface area contributed by atoms with Gasteiger partial charge in [0, 0.05) is 25.9 Å². The molecule has 156 valence electrons. The first kappa shape index (κ1) is 20.7. The van der Waals surface area contributed by atoms with Gasteiger partial charge in [-0.15, -0.1) is 0 Å². The van der Waals surface area contributed by atoms with Crippen LogP contribution in [0.2, 0.25) is 10.0 Å². The Hall–Kier alpha value is -2.61. The predicted molar refractivity (Wildman–Crippen MR) is 117 cm³/mol. The Balaban J connectivity index is 1.60. The molecule has 1 aliphatic rings. The van der Waals surface area contributed by atoms with Gasteiger partial charge in [-0.1, -0.05) is 35.3 Å². The minimum absolute atomic E-state index is 0.0206. The Kier molecular flexibility index (Phi) is 5.94. The van der Waals surface area contributed by atoms with Gasteiger partial charge in [0.25, 0.3) is 5.91 Å². The normalized spacial score (nSPS) is 15.6. The van der Waals surface area contributed by atoms with Crippen molar-refractivity contribution in [3.63, 3.8) is 0 Å². The van der Waals surface area contributed by atoms with Gasteiger partial charge in [-0.05, 0) is 36.8 Å². The van der Waals surface area contributed by atoms with Gasteiger partial charge in [0.2, 0.25) is 11.9 Å². The van der Waals surface area contributed by atoms with Crippen LogP contribution in [0.15, 0.2) is 42.5 Å². The summed E-state index contributed by atoms with van der Waals surface area (Å²) in [5, 5.41) is 3.54. The van der Waals surface area contributed by atoms with E-state index in [-0.39, 0.29) is 18.2 Å². The number of imidazole rings is 1. The third-order valence-corrected chi connectivity index (χ3v) is 5.73. The molecule has 1 aliphatic heterocycles. The lowest BCUT2D eigenvalue weighted by Gasteiger charge is -2.15. The number of carbonyl (C=O) groups is 2. The topological polar surface area (TPSA) is 76.5 Å². The van der Waals surface area contributed by atoms with E-state index >= 15 is 0 Å². The highest BCUT2D eigenvalue weighted by molar-refractivity contribution is 6.42. The molecule has 1 N–H and O–H groups in total. The summed E-state index contributed by atoms with van der Waals surface area (Å²) >= 11 is 11.9. The summed E-state index contributed by atoms with van der Waals surface area (Å²) in [6, 6.07) is 11.8. The number of aromatic nitrogens is 2. The molecule has 0 spiro atoms. The number of nitrogens with zero attached hydrogens (tertiary/aromatic N) is 3. The van der Waals surface area contributed by atoms with Crippen LogP contribution in [0.3, 0.4) is 0 Å². The van der Waals surface area contributed by atoms with E-state index in [1.54, 1.807) is 30.2 Å². The van der Waals surface area contributed by atoms with E-state index in [9.17, 15) is 9.59 Å². The molecule has 0 saturated heterocycles. The molecule has 0 fully saturated rings. The van der Waals surface area contributed by atoms with E-state index in [1.807, 2.05) is 28.8 Å². The molecule has 1 unspecified atom stereocenters. The van der Waals surface area contributed by atoms with Crippen LogP contribution in [0.4, 0.5) is 11.6 Å². The van der Waals surface area contributed by atoms with Crippen molar-refractivity contribution in [3.05, 3.63) is 52.5 Å². The maximum absolute atomic E-state index is 13.2. The molecule has 0 saturated carbocycles. The molecule has 2 aromatic carbocycles. The number of carbonyl (C=O) groups excluding carboxylic acids is 2. The number of nitrogens with one attached hydrogen (secondary N) is 1. The molecule has 7 nitrogen and oxygen atoms in total. The molecular weight excluding hydrogens is 427 g/mol. The van der Waals surface area contributed by atoms with Crippen molar-refractivity contribution in [3.8, 4) is 0 Å². The first-order valence-corrected chi connectivity index (χ1v) is 10.3.